The Hall–Kier alpha value is -0.483. The van der Waals surface area contributed by atoms with Gasteiger partial charge >= 0.3 is 0 Å². The van der Waals surface area contributed by atoms with Crippen molar-refractivity contribution in [1.82, 2.24) is 10.4 Å². The maximum absolute atomic E-state index is 5.36. The van der Waals surface area contributed by atoms with Crippen molar-refractivity contribution in [2.75, 3.05) is 0 Å². The topological polar surface area (TPSA) is 50.1 Å². The third kappa shape index (κ3) is 5.20. The molecule has 0 aromatic heterocycles. The number of hydrogen-bond acceptors (Lipinski definition) is 3. The Balaban J connectivity index is 4.13. The molecule has 0 saturated heterocycles. The number of allylic oxidation sites excluding steroid dienone is 1. The van der Waals surface area contributed by atoms with Crippen LogP contribution in [0.25, 0.3) is 0 Å². The van der Waals surface area contributed by atoms with Crippen LogP contribution in [0.1, 0.15) is 13.8 Å². The third-order valence-electron chi connectivity index (χ3n) is 1.45. The summed E-state index contributed by atoms with van der Waals surface area (Å²) in [6.45, 7) is 11.0. The van der Waals surface area contributed by atoms with Gasteiger partial charge in [0.15, 0.2) is 0 Å². The van der Waals surface area contributed by atoms with Crippen molar-refractivity contribution in [2.45, 2.75) is 33.5 Å². The molecular formula is C8H21N3Si. The first-order valence-electron chi connectivity index (χ1n) is 4.31. The fraction of sp³-hybridized carbons (Fsp3) is 0.750. The molecular weight excluding hydrogens is 166 g/mol. The lowest BCUT2D eigenvalue weighted by molar-refractivity contribution is 0.666. The second kappa shape index (κ2) is 4.52. The van der Waals surface area contributed by atoms with E-state index in [2.05, 4.69) is 43.9 Å². The standard InChI is InChI=1S/C8H21N3Si/c1-7(2)8(11-9)6-10-12(3,4)5/h6-7,10-11H,9H2,1-5H3/b8-6-. The van der Waals surface area contributed by atoms with Gasteiger partial charge in [-0.3, -0.25) is 5.84 Å². The number of nitrogens with one attached hydrogen (secondary N) is 2. The van der Waals surface area contributed by atoms with Crippen LogP contribution in [0, 0.1) is 5.92 Å². The summed E-state index contributed by atoms with van der Waals surface area (Å²) in [5.41, 5.74) is 3.75. The Morgan fingerprint density at radius 2 is 1.83 bits per heavy atom. The van der Waals surface area contributed by atoms with Gasteiger partial charge in [-0.05, 0) is 5.92 Å². The highest BCUT2D eigenvalue weighted by molar-refractivity contribution is 6.73. The highest BCUT2D eigenvalue weighted by atomic mass is 28.3. The van der Waals surface area contributed by atoms with Crippen molar-refractivity contribution in [3.63, 3.8) is 0 Å². The molecule has 0 bridgehead atoms. The van der Waals surface area contributed by atoms with E-state index in [9.17, 15) is 0 Å². The number of rotatable bonds is 4. The SMILES string of the molecule is CC(C)/C(=C/N[Si](C)(C)C)NN. The van der Waals surface area contributed by atoms with E-state index in [-0.39, 0.29) is 0 Å². The van der Waals surface area contributed by atoms with Crippen LogP contribution < -0.4 is 16.3 Å². The molecule has 0 spiro atoms. The molecule has 0 rings (SSSR count). The van der Waals surface area contributed by atoms with Gasteiger partial charge in [-0.25, -0.2) is 0 Å². The molecule has 12 heavy (non-hydrogen) atoms. The first-order valence-corrected chi connectivity index (χ1v) is 7.81. The summed E-state index contributed by atoms with van der Waals surface area (Å²) in [5.74, 6) is 5.80. The average molecular weight is 187 g/mol. The Morgan fingerprint density at radius 1 is 1.33 bits per heavy atom. The van der Waals surface area contributed by atoms with Gasteiger partial charge in [-0.2, -0.15) is 0 Å². The number of nitrogens with two attached hydrogens (primary N) is 1. The highest BCUT2D eigenvalue weighted by Gasteiger charge is 2.10. The Labute approximate surface area is 76.5 Å². The van der Waals surface area contributed by atoms with Crippen LogP contribution in [0.4, 0.5) is 0 Å². The predicted molar refractivity (Wildman–Crippen MR) is 56.7 cm³/mol. The molecule has 0 atom stereocenters. The van der Waals surface area contributed by atoms with E-state index in [4.69, 9.17) is 5.84 Å². The molecule has 72 valence electrons. The van der Waals surface area contributed by atoms with E-state index in [1.807, 2.05) is 6.20 Å². The van der Waals surface area contributed by atoms with E-state index in [1.54, 1.807) is 0 Å². The average Bonchev–Trinajstić information content (AvgIpc) is 1.85. The lowest BCUT2D eigenvalue weighted by Gasteiger charge is -2.18. The Kier molecular flexibility index (Phi) is 4.34. The molecule has 0 aliphatic rings. The zero-order chi connectivity index (χ0) is 9.78. The van der Waals surface area contributed by atoms with E-state index in [0.717, 1.165) is 5.70 Å². The largest absolute Gasteiger partial charge is 0.415 e. The van der Waals surface area contributed by atoms with Gasteiger partial charge in [0.2, 0.25) is 0 Å². The van der Waals surface area contributed by atoms with Crippen molar-refractivity contribution in [3.8, 4) is 0 Å². The van der Waals surface area contributed by atoms with Crippen LogP contribution in [-0.4, -0.2) is 8.24 Å². The van der Waals surface area contributed by atoms with Crippen molar-refractivity contribution in [3.05, 3.63) is 11.9 Å². The molecule has 0 radical (unpaired) electrons. The molecule has 0 unspecified atom stereocenters. The zero-order valence-corrected chi connectivity index (χ0v) is 9.73. The summed E-state index contributed by atoms with van der Waals surface area (Å²) in [6.07, 6.45) is 2.00. The Bertz CT molecular complexity index is 158. The fourth-order valence-electron chi connectivity index (χ4n) is 0.669. The van der Waals surface area contributed by atoms with Crippen LogP contribution in [0.3, 0.4) is 0 Å². The van der Waals surface area contributed by atoms with Gasteiger partial charge < -0.3 is 10.4 Å². The second-order valence-corrected chi connectivity index (χ2v) is 9.08. The predicted octanol–water partition coefficient (Wildman–Crippen LogP) is 1.37. The molecule has 0 aliphatic carbocycles. The highest BCUT2D eigenvalue weighted by Crippen LogP contribution is 2.04. The molecule has 0 saturated carbocycles. The number of hydrogen-bond donors (Lipinski definition) is 3. The minimum Gasteiger partial charge on any atom is -0.415 e. The Morgan fingerprint density at radius 3 is 2.08 bits per heavy atom. The molecule has 0 fully saturated rings. The molecule has 0 amide bonds. The van der Waals surface area contributed by atoms with Crippen molar-refractivity contribution in [1.29, 1.82) is 0 Å². The summed E-state index contributed by atoms with van der Waals surface area (Å²) in [6, 6.07) is 0. The minimum absolute atomic E-state index is 0.443. The van der Waals surface area contributed by atoms with E-state index < -0.39 is 8.24 Å². The summed E-state index contributed by atoms with van der Waals surface area (Å²) in [4.78, 5) is 3.39. The van der Waals surface area contributed by atoms with E-state index in [0.29, 0.717) is 5.92 Å². The molecule has 4 heteroatoms. The molecule has 0 aliphatic heterocycles. The minimum atomic E-state index is -1.20. The van der Waals surface area contributed by atoms with Gasteiger partial charge in [0.05, 0.1) is 0 Å². The van der Waals surface area contributed by atoms with Crippen molar-refractivity contribution >= 4 is 8.24 Å². The van der Waals surface area contributed by atoms with Gasteiger partial charge in [0.1, 0.15) is 8.24 Å². The second-order valence-electron chi connectivity index (χ2n) is 4.29. The van der Waals surface area contributed by atoms with Crippen LogP contribution in [0.2, 0.25) is 19.6 Å². The maximum Gasteiger partial charge on any atom is 0.143 e. The molecule has 0 aromatic carbocycles. The number of hydrazine groups is 1. The smallest absolute Gasteiger partial charge is 0.143 e. The molecule has 4 N–H and O–H groups in total. The van der Waals surface area contributed by atoms with Crippen molar-refractivity contribution < 1.29 is 0 Å². The van der Waals surface area contributed by atoms with Gasteiger partial charge in [0.25, 0.3) is 0 Å². The lowest BCUT2D eigenvalue weighted by Crippen LogP contribution is -2.39. The zero-order valence-electron chi connectivity index (χ0n) is 8.73. The first kappa shape index (κ1) is 11.5. The summed E-state index contributed by atoms with van der Waals surface area (Å²) in [5, 5.41) is 0. The normalized spacial score (nSPS) is 13.4. The monoisotopic (exact) mass is 187 g/mol. The molecule has 3 nitrogen and oxygen atoms in total. The third-order valence-corrected chi connectivity index (χ3v) is 2.46. The van der Waals surface area contributed by atoms with Crippen LogP contribution in [0.5, 0.6) is 0 Å². The van der Waals surface area contributed by atoms with Gasteiger partial charge in [0, 0.05) is 11.9 Å². The molecule has 0 heterocycles. The van der Waals surface area contributed by atoms with Crippen LogP contribution >= 0.6 is 0 Å². The van der Waals surface area contributed by atoms with Crippen molar-refractivity contribution in [2.24, 2.45) is 11.8 Å². The van der Waals surface area contributed by atoms with E-state index in [1.165, 1.54) is 0 Å². The first-order chi connectivity index (χ1) is 5.37. The maximum atomic E-state index is 5.36. The van der Waals surface area contributed by atoms with Gasteiger partial charge in [-0.1, -0.05) is 33.5 Å². The van der Waals surface area contributed by atoms with Crippen LogP contribution in [0.15, 0.2) is 11.9 Å². The quantitative estimate of drug-likeness (QED) is 0.354. The lowest BCUT2D eigenvalue weighted by atomic mass is 10.2. The molecule has 0 aromatic rings. The summed E-state index contributed by atoms with van der Waals surface area (Å²) in [7, 11) is -1.20. The van der Waals surface area contributed by atoms with Gasteiger partial charge in [-0.15, -0.1) is 0 Å². The fourth-order valence-corrected chi connectivity index (χ4v) is 1.26. The van der Waals surface area contributed by atoms with Crippen LogP contribution in [-0.2, 0) is 0 Å². The van der Waals surface area contributed by atoms with E-state index >= 15 is 0 Å². The summed E-state index contributed by atoms with van der Waals surface area (Å²) < 4.78 is 0. The summed E-state index contributed by atoms with van der Waals surface area (Å²) >= 11 is 0.